The Labute approximate surface area is 143 Å². The third-order valence-corrected chi connectivity index (χ3v) is 4.59. The molecule has 0 spiro atoms. The second-order valence-electron chi connectivity index (χ2n) is 6.25. The molecule has 3 rings (SSSR count). The molecule has 2 saturated heterocycles. The minimum absolute atomic E-state index is 0.0628. The van der Waals surface area contributed by atoms with E-state index in [2.05, 4.69) is 16.3 Å². The molecule has 0 aliphatic carbocycles. The molecule has 2 fully saturated rings. The summed E-state index contributed by atoms with van der Waals surface area (Å²) in [6.45, 7) is 7.42. The molecular weight excluding hydrogens is 306 g/mol. The maximum absolute atomic E-state index is 12.5. The van der Waals surface area contributed by atoms with Crippen LogP contribution < -0.4 is 10.2 Å². The lowest BCUT2D eigenvalue weighted by molar-refractivity contribution is 0.0849. The van der Waals surface area contributed by atoms with Crippen molar-refractivity contribution in [3.8, 4) is 0 Å². The number of benzene rings is 1. The van der Waals surface area contributed by atoms with Gasteiger partial charge in [-0.25, -0.2) is 4.79 Å². The van der Waals surface area contributed by atoms with Crippen molar-refractivity contribution in [2.75, 3.05) is 56.2 Å². The standard InChI is InChI=1S/C18H27N3O3/c1-2-20(14-17-7-4-10-24-17)18(22)19-15-5-3-6-16(13-15)21-8-11-23-12-9-21/h3,5-6,13,17H,2,4,7-12,14H2,1H3,(H,19,22)/t17-/m1/s1. The van der Waals surface area contributed by atoms with Crippen LogP contribution >= 0.6 is 0 Å². The molecule has 132 valence electrons. The van der Waals surface area contributed by atoms with Gasteiger partial charge in [0.15, 0.2) is 0 Å². The highest BCUT2D eigenvalue weighted by Crippen LogP contribution is 2.21. The largest absolute Gasteiger partial charge is 0.378 e. The Morgan fingerprint density at radius 3 is 2.88 bits per heavy atom. The molecule has 2 aliphatic heterocycles. The van der Waals surface area contributed by atoms with E-state index in [0.29, 0.717) is 13.1 Å². The lowest BCUT2D eigenvalue weighted by atomic mass is 10.2. The molecule has 0 saturated carbocycles. The molecule has 1 atom stereocenters. The number of rotatable bonds is 5. The number of carbonyl (C=O) groups is 1. The Balaban J connectivity index is 1.60. The first-order chi connectivity index (χ1) is 11.8. The zero-order chi connectivity index (χ0) is 16.8. The quantitative estimate of drug-likeness (QED) is 0.900. The van der Waals surface area contributed by atoms with Crippen LogP contribution in [-0.2, 0) is 9.47 Å². The number of likely N-dealkylation sites (N-methyl/N-ethyl adjacent to an activating group) is 1. The van der Waals surface area contributed by atoms with Crippen LogP contribution in [0.2, 0.25) is 0 Å². The van der Waals surface area contributed by atoms with Gasteiger partial charge in [0.25, 0.3) is 0 Å². The van der Waals surface area contributed by atoms with Crippen molar-refractivity contribution in [3.05, 3.63) is 24.3 Å². The number of ether oxygens (including phenoxy) is 2. The van der Waals surface area contributed by atoms with Gasteiger partial charge in [-0.2, -0.15) is 0 Å². The number of nitrogens with one attached hydrogen (secondary N) is 1. The monoisotopic (exact) mass is 333 g/mol. The fraction of sp³-hybridized carbons (Fsp3) is 0.611. The summed E-state index contributed by atoms with van der Waals surface area (Å²) in [5.41, 5.74) is 1.95. The summed E-state index contributed by atoms with van der Waals surface area (Å²) in [5.74, 6) is 0. The highest BCUT2D eigenvalue weighted by molar-refractivity contribution is 5.90. The van der Waals surface area contributed by atoms with E-state index in [1.54, 1.807) is 0 Å². The average molecular weight is 333 g/mol. The minimum Gasteiger partial charge on any atom is -0.378 e. The Kier molecular flexibility index (Phi) is 5.93. The smallest absolute Gasteiger partial charge is 0.321 e. The molecule has 0 aromatic heterocycles. The van der Waals surface area contributed by atoms with Gasteiger partial charge >= 0.3 is 6.03 Å². The van der Waals surface area contributed by atoms with Crippen molar-refractivity contribution in [1.29, 1.82) is 0 Å². The number of urea groups is 1. The summed E-state index contributed by atoms with van der Waals surface area (Å²) in [5, 5.41) is 3.02. The third-order valence-electron chi connectivity index (χ3n) is 4.59. The summed E-state index contributed by atoms with van der Waals surface area (Å²) in [6.07, 6.45) is 2.30. The number of nitrogens with zero attached hydrogens (tertiary/aromatic N) is 2. The molecular formula is C18H27N3O3. The molecule has 6 nitrogen and oxygen atoms in total. The van der Waals surface area contributed by atoms with Crippen LogP contribution in [0.3, 0.4) is 0 Å². The van der Waals surface area contributed by atoms with Crippen molar-refractivity contribution in [2.45, 2.75) is 25.9 Å². The van der Waals surface area contributed by atoms with E-state index in [1.807, 2.05) is 30.0 Å². The van der Waals surface area contributed by atoms with Crippen LogP contribution in [0.1, 0.15) is 19.8 Å². The Morgan fingerprint density at radius 2 is 2.17 bits per heavy atom. The molecule has 2 amide bonds. The van der Waals surface area contributed by atoms with Crippen molar-refractivity contribution < 1.29 is 14.3 Å². The molecule has 1 aromatic carbocycles. The molecule has 1 aromatic rings. The molecule has 2 heterocycles. The molecule has 0 unspecified atom stereocenters. The average Bonchev–Trinajstić information content (AvgIpc) is 3.14. The van der Waals surface area contributed by atoms with E-state index in [9.17, 15) is 4.79 Å². The summed E-state index contributed by atoms with van der Waals surface area (Å²) >= 11 is 0. The summed E-state index contributed by atoms with van der Waals surface area (Å²) in [6, 6.07) is 7.96. The van der Waals surface area contributed by atoms with Gasteiger partial charge in [-0.05, 0) is 38.0 Å². The van der Waals surface area contributed by atoms with Crippen LogP contribution in [0.25, 0.3) is 0 Å². The maximum atomic E-state index is 12.5. The minimum atomic E-state index is -0.0628. The molecule has 2 aliphatic rings. The predicted molar refractivity (Wildman–Crippen MR) is 94.7 cm³/mol. The number of hydrogen-bond donors (Lipinski definition) is 1. The van der Waals surface area contributed by atoms with Crippen LogP contribution in [-0.4, -0.2) is 63.0 Å². The van der Waals surface area contributed by atoms with Crippen LogP contribution in [0.4, 0.5) is 16.2 Å². The SMILES string of the molecule is CCN(C[C@H]1CCCO1)C(=O)Nc1cccc(N2CCOCC2)c1. The van der Waals surface area contributed by atoms with E-state index >= 15 is 0 Å². The van der Waals surface area contributed by atoms with Gasteiger partial charge in [-0.15, -0.1) is 0 Å². The Bertz CT molecular complexity index is 540. The van der Waals surface area contributed by atoms with Gasteiger partial charge < -0.3 is 24.6 Å². The predicted octanol–water partition coefficient (Wildman–Crippen LogP) is 2.56. The van der Waals surface area contributed by atoms with E-state index < -0.39 is 0 Å². The highest BCUT2D eigenvalue weighted by atomic mass is 16.5. The molecule has 0 radical (unpaired) electrons. The Hall–Kier alpha value is -1.79. The van der Waals surface area contributed by atoms with Gasteiger partial charge in [-0.3, -0.25) is 0 Å². The summed E-state index contributed by atoms with van der Waals surface area (Å²) < 4.78 is 11.0. The fourth-order valence-corrected chi connectivity index (χ4v) is 3.19. The van der Waals surface area contributed by atoms with Crippen molar-refractivity contribution in [3.63, 3.8) is 0 Å². The van der Waals surface area contributed by atoms with Gasteiger partial charge in [0.05, 0.1) is 19.3 Å². The number of hydrogen-bond acceptors (Lipinski definition) is 4. The Morgan fingerprint density at radius 1 is 1.33 bits per heavy atom. The zero-order valence-electron chi connectivity index (χ0n) is 14.4. The number of anilines is 2. The lowest BCUT2D eigenvalue weighted by Gasteiger charge is -2.29. The fourth-order valence-electron chi connectivity index (χ4n) is 3.19. The molecule has 1 N–H and O–H groups in total. The number of carbonyl (C=O) groups excluding carboxylic acids is 1. The van der Waals surface area contributed by atoms with Gasteiger partial charge in [0, 0.05) is 44.2 Å². The van der Waals surface area contributed by atoms with Gasteiger partial charge in [0.1, 0.15) is 0 Å². The van der Waals surface area contributed by atoms with Crippen LogP contribution in [0.15, 0.2) is 24.3 Å². The normalized spacial score (nSPS) is 20.9. The lowest BCUT2D eigenvalue weighted by Crippen LogP contribution is -2.40. The maximum Gasteiger partial charge on any atom is 0.321 e. The first kappa shape index (κ1) is 17.0. The van der Waals surface area contributed by atoms with Crippen molar-refractivity contribution in [2.24, 2.45) is 0 Å². The first-order valence-electron chi connectivity index (χ1n) is 8.86. The van der Waals surface area contributed by atoms with Crippen LogP contribution in [0, 0.1) is 0 Å². The molecule has 0 bridgehead atoms. The van der Waals surface area contributed by atoms with E-state index in [0.717, 1.165) is 57.1 Å². The van der Waals surface area contributed by atoms with Gasteiger partial charge in [0.2, 0.25) is 0 Å². The van der Waals surface area contributed by atoms with Crippen molar-refractivity contribution in [1.82, 2.24) is 4.90 Å². The van der Waals surface area contributed by atoms with Crippen molar-refractivity contribution >= 4 is 17.4 Å². The second kappa shape index (κ2) is 8.35. The van der Waals surface area contributed by atoms with E-state index in [4.69, 9.17) is 9.47 Å². The summed E-state index contributed by atoms with van der Waals surface area (Å²) in [7, 11) is 0. The first-order valence-corrected chi connectivity index (χ1v) is 8.86. The number of morpholine rings is 1. The number of amides is 2. The second-order valence-corrected chi connectivity index (χ2v) is 6.25. The third kappa shape index (κ3) is 4.39. The van der Waals surface area contributed by atoms with Crippen LogP contribution in [0.5, 0.6) is 0 Å². The molecule has 6 heteroatoms. The summed E-state index contributed by atoms with van der Waals surface area (Å²) in [4.78, 5) is 16.6. The van der Waals surface area contributed by atoms with E-state index in [1.165, 1.54) is 0 Å². The highest BCUT2D eigenvalue weighted by Gasteiger charge is 2.21. The zero-order valence-corrected chi connectivity index (χ0v) is 14.4. The molecule has 24 heavy (non-hydrogen) atoms. The van der Waals surface area contributed by atoms with E-state index in [-0.39, 0.29) is 12.1 Å². The topological polar surface area (TPSA) is 54.0 Å². The van der Waals surface area contributed by atoms with Gasteiger partial charge in [-0.1, -0.05) is 6.07 Å².